The van der Waals surface area contributed by atoms with Crippen LogP contribution in [0.4, 0.5) is 0 Å². The molecule has 1 aromatic carbocycles. The number of rotatable bonds is 2. The van der Waals surface area contributed by atoms with E-state index in [9.17, 15) is 9.90 Å². The lowest BCUT2D eigenvalue weighted by Gasteiger charge is -2.06. The van der Waals surface area contributed by atoms with Gasteiger partial charge in [-0.05, 0) is 19.1 Å². The summed E-state index contributed by atoms with van der Waals surface area (Å²) in [5.41, 5.74) is 0.138. The van der Waals surface area contributed by atoms with Crippen molar-refractivity contribution in [2.75, 3.05) is 6.61 Å². The molecule has 0 radical (unpaired) electrons. The number of esters is 1. The molecular formula is C10H9NO3S. The Morgan fingerprint density at radius 2 is 2.33 bits per heavy atom. The smallest absolute Gasteiger partial charge is 0.340 e. The van der Waals surface area contributed by atoms with Crippen molar-refractivity contribution in [2.45, 2.75) is 11.8 Å². The molecule has 0 spiro atoms. The van der Waals surface area contributed by atoms with E-state index in [1.165, 1.54) is 12.1 Å². The quantitative estimate of drug-likeness (QED) is 0.591. The van der Waals surface area contributed by atoms with Crippen molar-refractivity contribution >= 4 is 18.6 Å². The van der Waals surface area contributed by atoms with Gasteiger partial charge in [-0.1, -0.05) is 0 Å². The van der Waals surface area contributed by atoms with Crippen molar-refractivity contribution in [3.05, 3.63) is 23.3 Å². The number of thiol groups is 1. The van der Waals surface area contributed by atoms with Crippen LogP contribution in [0.2, 0.25) is 0 Å². The van der Waals surface area contributed by atoms with Crippen LogP contribution in [0.15, 0.2) is 17.0 Å². The average Bonchev–Trinajstić information content (AvgIpc) is 2.16. The molecule has 0 fully saturated rings. The van der Waals surface area contributed by atoms with Crippen molar-refractivity contribution in [3.63, 3.8) is 0 Å². The first-order chi connectivity index (χ1) is 7.10. The van der Waals surface area contributed by atoms with Gasteiger partial charge in [0.1, 0.15) is 11.8 Å². The largest absolute Gasteiger partial charge is 0.508 e. The molecule has 15 heavy (non-hydrogen) atoms. The van der Waals surface area contributed by atoms with E-state index in [0.29, 0.717) is 0 Å². The first kappa shape index (κ1) is 11.4. The minimum Gasteiger partial charge on any atom is -0.508 e. The molecule has 0 bridgehead atoms. The number of aromatic hydroxyl groups is 1. The Morgan fingerprint density at radius 1 is 1.67 bits per heavy atom. The highest BCUT2D eigenvalue weighted by atomic mass is 32.1. The molecule has 0 saturated carbocycles. The molecule has 1 rings (SSSR count). The highest BCUT2D eigenvalue weighted by Crippen LogP contribution is 2.24. The molecule has 0 atom stereocenters. The Labute approximate surface area is 92.5 Å². The average molecular weight is 223 g/mol. The summed E-state index contributed by atoms with van der Waals surface area (Å²) in [6.45, 7) is 1.89. The zero-order valence-corrected chi connectivity index (χ0v) is 8.91. The van der Waals surface area contributed by atoms with Gasteiger partial charge in [0.25, 0.3) is 0 Å². The van der Waals surface area contributed by atoms with E-state index in [1.54, 1.807) is 13.0 Å². The van der Waals surface area contributed by atoms with E-state index in [0.717, 1.165) is 0 Å². The second-order valence-corrected chi connectivity index (χ2v) is 3.20. The first-order valence-corrected chi connectivity index (χ1v) is 4.68. The van der Waals surface area contributed by atoms with Crippen LogP contribution in [0.3, 0.4) is 0 Å². The minimum absolute atomic E-state index is 0.0541. The first-order valence-electron chi connectivity index (χ1n) is 4.23. The van der Waals surface area contributed by atoms with Crippen molar-refractivity contribution in [1.29, 1.82) is 5.26 Å². The van der Waals surface area contributed by atoms with Crippen molar-refractivity contribution < 1.29 is 14.6 Å². The number of carbonyl (C=O) groups is 1. The van der Waals surface area contributed by atoms with E-state index in [-0.39, 0.29) is 28.4 Å². The fourth-order valence-electron chi connectivity index (χ4n) is 1.12. The molecule has 4 nitrogen and oxygen atoms in total. The summed E-state index contributed by atoms with van der Waals surface area (Å²) in [5.74, 6) is -0.719. The van der Waals surface area contributed by atoms with Crippen LogP contribution in [0.1, 0.15) is 22.8 Å². The SMILES string of the molecule is CCOC(=O)c1c(S)cc(O)cc1C#N. The van der Waals surface area contributed by atoms with E-state index in [2.05, 4.69) is 12.6 Å². The highest BCUT2D eigenvalue weighted by Gasteiger charge is 2.17. The maximum absolute atomic E-state index is 11.5. The predicted octanol–water partition coefficient (Wildman–Crippen LogP) is 1.73. The number of ether oxygens (including phenoxy) is 1. The summed E-state index contributed by atoms with van der Waals surface area (Å²) in [6, 6.07) is 4.30. The highest BCUT2D eigenvalue weighted by molar-refractivity contribution is 7.80. The molecule has 78 valence electrons. The van der Waals surface area contributed by atoms with Gasteiger partial charge < -0.3 is 9.84 Å². The monoisotopic (exact) mass is 223 g/mol. The van der Waals surface area contributed by atoms with E-state index < -0.39 is 5.97 Å². The maximum Gasteiger partial charge on any atom is 0.340 e. The Bertz CT molecular complexity index is 437. The molecule has 5 heteroatoms. The third-order valence-electron chi connectivity index (χ3n) is 1.70. The molecule has 0 aliphatic rings. The van der Waals surface area contributed by atoms with Crippen molar-refractivity contribution in [3.8, 4) is 11.8 Å². The number of hydrogen-bond donors (Lipinski definition) is 2. The fraction of sp³-hybridized carbons (Fsp3) is 0.200. The number of benzene rings is 1. The number of nitrogens with zero attached hydrogens (tertiary/aromatic N) is 1. The Morgan fingerprint density at radius 3 is 2.87 bits per heavy atom. The molecule has 1 N–H and O–H groups in total. The summed E-state index contributed by atoms with van der Waals surface area (Å²) in [4.78, 5) is 11.7. The predicted molar refractivity (Wildman–Crippen MR) is 56.0 cm³/mol. The van der Waals surface area contributed by atoms with E-state index >= 15 is 0 Å². The van der Waals surface area contributed by atoms with E-state index in [1.807, 2.05) is 0 Å². The third kappa shape index (κ3) is 2.42. The van der Waals surface area contributed by atoms with Gasteiger partial charge in [0, 0.05) is 4.90 Å². The normalized spacial score (nSPS) is 9.40. The van der Waals surface area contributed by atoms with Gasteiger partial charge in [0.15, 0.2) is 0 Å². The van der Waals surface area contributed by atoms with Crippen molar-refractivity contribution in [1.82, 2.24) is 0 Å². The van der Waals surface area contributed by atoms with Crippen LogP contribution in [0.25, 0.3) is 0 Å². The van der Waals surface area contributed by atoms with Gasteiger partial charge in [-0.2, -0.15) is 5.26 Å². The number of nitriles is 1. The van der Waals surface area contributed by atoms with Crippen molar-refractivity contribution in [2.24, 2.45) is 0 Å². The number of hydrogen-bond acceptors (Lipinski definition) is 5. The minimum atomic E-state index is -0.612. The molecule has 0 aliphatic carbocycles. The van der Waals surface area contributed by atoms with Gasteiger partial charge >= 0.3 is 5.97 Å². The third-order valence-corrected chi connectivity index (χ3v) is 2.06. The second-order valence-electron chi connectivity index (χ2n) is 2.72. The number of phenols is 1. The Kier molecular flexibility index (Phi) is 3.58. The molecule has 0 unspecified atom stereocenters. The molecule has 1 aromatic rings. The fourth-order valence-corrected chi connectivity index (χ4v) is 1.46. The summed E-state index contributed by atoms with van der Waals surface area (Å²) < 4.78 is 4.77. The van der Waals surface area contributed by atoms with Crippen LogP contribution in [-0.2, 0) is 4.74 Å². The lowest BCUT2D eigenvalue weighted by Crippen LogP contribution is -2.08. The molecule has 0 amide bonds. The van der Waals surface area contributed by atoms with E-state index in [4.69, 9.17) is 10.00 Å². The van der Waals surface area contributed by atoms with Gasteiger partial charge in [0.2, 0.25) is 0 Å². The summed E-state index contributed by atoms with van der Waals surface area (Å²) in [7, 11) is 0. The van der Waals surface area contributed by atoms with Gasteiger partial charge in [-0.15, -0.1) is 12.6 Å². The summed E-state index contributed by atoms with van der Waals surface area (Å²) in [6.07, 6.45) is 0. The van der Waals surface area contributed by atoms with Gasteiger partial charge in [-0.3, -0.25) is 0 Å². The summed E-state index contributed by atoms with van der Waals surface area (Å²) in [5, 5.41) is 18.0. The van der Waals surface area contributed by atoms with Crippen LogP contribution < -0.4 is 0 Å². The van der Waals surface area contributed by atoms with Crippen LogP contribution in [0.5, 0.6) is 5.75 Å². The van der Waals surface area contributed by atoms with Crippen LogP contribution >= 0.6 is 12.6 Å². The lowest BCUT2D eigenvalue weighted by molar-refractivity contribution is 0.0522. The topological polar surface area (TPSA) is 70.3 Å². The Hall–Kier alpha value is -1.67. The number of carbonyl (C=O) groups excluding carboxylic acids is 1. The standard InChI is InChI=1S/C10H9NO3S/c1-2-14-10(13)9-6(5-11)3-7(12)4-8(9)15/h3-4,12,15H,2H2,1H3. The maximum atomic E-state index is 11.5. The zero-order chi connectivity index (χ0) is 11.4. The Balaban J connectivity index is 3.28. The summed E-state index contributed by atoms with van der Waals surface area (Å²) >= 11 is 4.01. The second kappa shape index (κ2) is 4.71. The molecular weight excluding hydrogens is 214 g/mol. The molecule has 0 heterocycles. The van der Waals surface area contributed by atoms with Crippen LogP contribution in [0, 0.1) is 11.3 Å². The molecule has 0 aromatic heterocycles. The number of phenolic OH excluding ortho intramolecular Hbond substituents is 1. The van der Waals surface area contributed by atoms with Crippen LogP contribution in [-0.4, -0.2) is 17.7 Å². The lowest BCUT2D eigenvalue weighted by atomic mass is 10.1. The van der Waals surface area contributed by atoms with Gasteiger partial charge in [0.05, 0.1) is 17.7 Å². The van der Waals surface area contributed by atoms with Gasteiger partial charge in [-0.25, -0.2) is 4.79 Å². The molecule has 0 aliphatic heterocycles. The molecule has 0 saturated heterocycles. The zero-order valence-electron chi connectivity index (χ0n) is 8.02.